The van der Waals surface area contributed by atoms with Crippen LogP contribution in [0.15, 0.2) is 35.6 Å². The van der Waals surface area contributed by atoms with Crippen LogP contribution in [0, 0.1) is 0 Å². The predicted octanol–water partition coefficient (Wildman–Crippen LogP) is 2.22. The van der Waals surface area contributed by atoms with Crippen LogP contribution in [-0.2, 0) is 15.1 Å². The molecule has 2 heterocycles. The van der Waals surface area contributed by atoms with Crippen molar-refractivity contribution < 1.29 is 14.7 Å². The van der Waals surface area contributed by atoms with E-state index in [4.69, 9.17) is 0 Å². The van der Waals surface area contributed by atoms with E-state index < -0.39 is 11.6 Å². The number of benzene rings is 1. The lowest BCUT2D eigenvalue weighted by Crippen LogP contribution is -2.40. The third-order valence-corrected chi connectivity index (χ3v) is 4.07. The van der Waals surface area contributed by atoms with Gasteiger partial charge in [0.15, 0.2) is 5.78 Å². The number of aliphatic hydroxyl groups excluding tert-OH is 1. The Kier molecular flexibility index (Phi) is 2.18. The average Bonchev–Trinajstić information content (AvgIpc) is 2.73. The van der Waals surface area contributed by atoms with Crippen molar-refractivity contribution in [2.75, 3.05) is 0 Å². The molecule has 3 rings (SSSR count). The summed E-state index contributed by atoms with van der Waals surface area (Å²) in [6.45, 7) is 5.17. The van der Waals surface area contributed by atoms with Crippen LogP contribution in [0.1, 0.15) is 37.9 Å². The van der Waals surface area contributed by atoms with Crippen LogP contribution in [0.2, 0.25) is 0 Å². The Balaban J connectivity index is 2.27. The molecule has 1 aromatic carbocycles. The third kappa shape index (κ3) is 1.28. The molecule has 1 N–H and O–H groups in total. The molecular weight excluding hydrogens is 242 g/mol. The second kappa shape index (κ2) is 3.47. The number of aliphatic hydroxyl groups is 1. The molecule has 1 unspecified atom stereocenters. The second-order valence-corrected chi connectivity index (χ2v) is 5.54. The monoisotopic (exact) mass is 257 g/mol. The van der Waals surface area contributed by atoms with Crippen molar-refractivity contribution in [2.24, 2.45) is 0 Å². The van der Waals surface area contributed by atoms with Crippen LogP contribution < -0.4 is 0 Å². The number of hydrogen-bond donors (Lipinski definition) is 1. The van der Waals surface area contributed by atoms with Gasteiger partial charge in [0.05, 0.1) is 5.54 Å². The van der Waals surface area contributed by atoms with E-state index >= 15 is 0 Å². The average molecular weight is 257 g/mol. The van der Waals surface area contributed by atoms with Crippen molar-refractivity contribution in [1.82, 2.24) is 4.90 Å². The van der Waals surface area contributed by atoms with Gasteiger partial charge < -0.3 is 10.0 Å². The molecule has 0 radical (unpaired) electrons. The van der Waals surface area contributed by atoms with E-state index in [1.54, 1.807) is 4.90 Å². The van der Waals surface area contributed by atoms with Gasteiger partial charge in [0.2, 0.25) is 0 Å². The zero-order valence-corrected chi connectivity index (χ0v) is 11.1. The first kappa shape index (κ1) is 12.0. The summed E-state index contributed by atoms with van der Waals surface area (Å²) in [4.78, 5) is 25.6. The van der Waals surface area contributed by atoms with Gasteiger partial charge in [-0.25, -0.2) is 0 Å². The van der Waals surface area contributed by atoms with Gasteiger partial charge in [0.25, 0.3) is 5.91 Å². The van der Waals surface area contributed by atoms with Crippen LogP contribution in [0.4, 0.5) is 0 Å². The Morgan fingerprint density at radius 3 is 2.58 bits per heavy atom. The Labute approximate surface area is 111 Å². The molecule has 4 nitrogen and oxygen atoms in total. The van der Waals surface area contributed by atoms with Crippen molar-refractivity contribution >= 4 is 11.7 Å². The lowest BCUT2D eigenvalue weighted by Gasteiger charge is -2.32. The summed E-state index contributed by atoms with van der Waals surface area (Å²) in [6.07, 6.45) is 0. The maximum atomic E-state index is 12.4. The Morgan fingerprint density at radius 2 is 1.95 bits per heavy atom. The number of rotatable bonds is 1. The highest BCUT2D eigenvalue weighted by molar-refractivity contribution is 6.21. The van der Waals surface area contributed by atoms with Gasteiger partial charge in [-0.05, 0) is 31.9 Å². The van der Waals surface area contributed by atoms with E-state index in [1.807, 2.05) is 38.1 Å². The molecular formula is C15H15NO3. The Hall–Kier alpha value is -2.10. The lowest BCUT2D eigenvalue weighted by atomic mass is 9.91. The van der Waals surface area contributed by atoms with Gasteiger partial charge in [-0.1, -0.05) is 24.3 Å². The minimum Gasteiger partial charge on any atom is -0.509 e. The van der Waals surface area contributed by atoms with Crippen molar-refractivity contribution in [2.45, 2.75) is 32.4 Å². The maximum Gasteiger partial charge on any atom is 0.262 e. The number of carbonyl (C=O) groups excluding carboxylic acids is 2. The first-order chi connectivity index (χ1) is 8.87. The van der Waals surface area contributed by atoms with Crippen LogP contribution in [-0.4, -0.2) is 21.7 Å². The molecule has 4 heteroatoms. The molecule has 0 saturated heterocycles. The number of carbonyl (C=O) groups is 2. The summed E-state index contributed by atoms with van der Waals surface area (Å²) >= 11 is 0. The molecule has 0 fully saturated rings. The smallest absolute Gasteiger partial charge is 0.262 e. The highest BCUT2D eigenvalue weighted by Crippen LogP contribution is 2.52. The Morgan fingerprint density at radius 1 is 1.32 bits per heavy atom. The molecule has 19 heavy (non-hydrogen) atoms. The minimum atomic E-state index is -0.524. The highest BCUT2D eigenvalue weighted by atomic mass is 16.3. The number of Topliss-reactive ketones (excluding diaryl/α,β-unsaturated/α-hetero) is 1. The summed E-state index contributed by atoms with van der Waals surface area (Å²) in [6, 6.07) is 7.13. The number of ketones is 1. The topological polar surface area (TPSA) is 57.6 Å². The molecule has 0 saturated carbocycles. The number of amides is 1. The van der Waals surface area contributed by atoms with Gasteiger partial charge in [-0.15, -0.1) is 0 Å². The summed E-state index contributed by atoms with van der Waals surface area (Å²) in [5, 5.41) is 10.3. The molecule has 1 amide bonds. The minimum absolute atomic E-state index is 0.0763. The molecule has 0 spiro atoms. The summed E-state index contributed by atoms with van der Waals surface area (Å²) < 4.78 is 0. The fraction of sp³-hybridized carbons (Fsp3) is 0.333. The molecule has 0 aliphatic carbocycles. The number of hydrogen-bond acceptors (Lipinski definition) is 3. The van der Waals surface area contributed by atoms with E-state index in [-0.39, 0.29) is 23.0 Å². The molecule has 1 atom stereocenters. The molecule has 0 aromatic heterocycles. The van der Waals surface area contributed by atoms with Gasteiger partial charge in [-0.2, -0.15) is 0 Å². The molecule has 0 bridgehead atoms. The first-order valence-electron chi connectivity index (χ1n) is 6.24. The van der Waals surface area contributed by atoms with Gasteiger partial charge >= 0.3 is 0 Å². The Bertz CT molecular complexity index is 643. The molecule has 2 aliphatic rings. The van der Waals surface area contributed by atoms with Crippen LogP contribution >= 0.6 is 0 Å². The standard InChI is InChI=1S/C15H15NO3/c1-8(17)11-13(18)12-9-6-4-5-7-10(9)15(2,3)16(12)14(11)19/h4-7,12,18H,1-3H3. The number of fused-ring (bicyclic) bond motifs is 3. The van der Waals surface area contributed by atoms with Crippen molar-refractivity contribution in [3.63, 3.8) is 0 Å². The number of nitrogens with zero attached hydrogens (tertiary/aromatic N) is 1. The van der Waals surface area contributed by atoms with E-state index in [9.17, 15) is 14.7 Å². The van der Waals surface area contributed by atoms with E-state index in [0.29, 0.717) is 0 Å². The summed E-state index contributed by atoms with van der Waals surface area (Å²) in [5.74, 6) is -0.878. The molecule has 1 aromatic rings. The fourth-order valence-corrected chi connectivity index (χ4v) is 3.22. The zero-order valence-electron chi connectivity index (χ0n) is 11.1. The van der Waals surface area contributed by atoms with Gasteiger partial charge in [0, 0.05) is 0 Å². The van der Waals surface area contributed by atoms with Gasteiger partial charge in [0.1, 0.15) is 17.4 Å². The highest BCUT2D eigenvalue weighted by Gasteiger charge is 2.54. The molecule has 98 valence electrons. The SMILES string of the molecule is CC(=O)C1=C(O)C2c3ccccc3C(C)(C)N2C1=O. The summed E-state index contributed by atoms with van der Waals surface area (Å²) in [7, 11) is 0. The molecule has 2 aliphatic heterocycles. The first-order valence-corrected chi connectivity index (χ1v) is 6.24. The van der Waals surface area contributed by atoms with E-state index in [1.165, 1.54) is 6.92 Å². The fourth-order valence-electron chi connectivity index (χ4n) is 3.22. The third-order valence-electron chi connectivity index (χ3n) is 4.07. The second-order valence-electron chi connectivity index (χ2n) is 5.54. The van der Waals surface area contributed by atoms with Crippen molar-refractivity contribution in [3.05, 3.63) is 46.7 Å². The van der Waals surface area contributed by atoms with E-state index in [2.05, 4.69) is 0 Å². The largest absolute Gasteiger partial charge is 0.509 e. The van der Waals surface area contributed by atoms with E-state index in [0.717, 1.165) is 11.1 Å². The lowest BCUT2D eigenvalue weighted by molar-refractivity contribution is -0.133. The quantitative estimate of drug-likeness (QED) is 0.785. The predicted molar refractivity (Wildman–Crippen MR) is 69.4 cm³/mol. The van der Waals surface area contributed by atoms with Crippen LogP contribution in [0.5, 0.6) is 0 Å². The maximum absolute atomic E-state index is 12.4. The van der Waals surface area contributed by atoms with Crippen molar-refractivity contribution in [3.8, 4) is 0 Å². The zero-order chi connectivity index (χ0) is 13.9. The normalized spacial score (nSPS) is 23.6. The van der Waals surface area contributed by atoms with Crippen LogP contribution in [0.3, 0.4) is 0 Å². The van der Waals surface area contributed by atoms with Gasteiger partial charge in [-0.3, -0.25) is 9.59 Å². The summed E-state index contributed by atoms with van der Waals surface area (Å²) in [5.41, 5.74) is 1.31. The van der Waals surface area contributed by atoms with Crippen LogP contribution in [0.25, 0.3) is 0 Å². The van der Waals surface area contributed by atoms with Crippen molar-refractivity contribution in [1.29, 1.82) is 0 Å².